The summed E-state index contributed by atoms with van der Waals surface area (Å²) in [7, 11) is 0. The number of nitrogen functional groups attached to an aromatic ring is 1. The Morgan fingerprint density at radius 2 is 2.07 bits per heavy atom. The smallest absolute Gasteiger partial charge is 0.330 e. The van der Waals surface area contributed by atoms with Crippen molar-refractivity contribution in [1.82, 2.24) is 9.55 Å². The first kappa shape index (κ1) is 19.3. The Morgan fingerprint density at radius 3 is 2.68 bits per heavy atom. The standard InChI is InChI=1S/C19H22N4O5/c1-3-4-9-22-16(20)15(17(24)21-19(22)26)23(11-13-6-5-10-27-13)18(25)14-8-7-12(2)28-14/h5-8,10H,3-4,9,11,20H2,1-2H3,(H,21,24,26). The van der Waals surface area contributed by atoms with Gasteiger partial charge in [-0.05, 0) is 37.6 Å². The van der Waals surface area contributed by atoms with Gasteiger partial charge in [0.15, 0.2) is 11.4 Å². The summed E-state index contributed by atoms with van der Waals surface area (Å²) < 4.78 is 12.0. The van der Waals surface area contributed by atoms with Gasteiger partial charge in [0, 0.05) is 6.54 Å². The average molecular weight is 386 g/mol. The van der Waals surface area contributed by atoms with E-state index in [0.717, 1.165) is 11.3 Å². The van der Waals surface area contributed by atoms with Crippen LogP contribution in [0.3, 0.4) is 0 Å². The third kappa shape index (κ3) is 3.78. The molecule has 0 atom stereocenters. The molecule has 0 fully saturated rings. The van der Waals surface area contributed by atoms with Gasteiger partial charge in [-0.3, -0.25) is 24.0 Å². The number of nitrogens with two attached hydrogens (primary N) is 1. The predicted octanol–water partition coefficient (Wildman–Crippen LogP) is 2.26. The lowest BCUT2D eigenvalue weighted by molar-refractivity contribution is 0.0955. The molecule has 3 aromatic heterocycles. The minimum atomic E-state index is -0.751. The molecular weight excluding hydrogens is 364 g/mol. The summed E-state index contributed by atoms with van der Waals surface area (Å²) in [6, 6.07) is 6.51. The maximum absolute atomic E-state index is 13.1. The van der Waals surface area contributed by atoms with E-state index in [2.05, 4.69) is 4.98 Å². The number of H-pyrrole nitrogens is 1. The maximum atomic E-state index is 13.1. The molecule has 3 N–H and O–H groups in total. The molecule has 0 radical (unpaired) electrons. The Hall–Kier alpha value is -3.49. The Kier molecular flexibility index (Phi) is 5.53. The summed E-state index contributed by atoms with van der Waals surface area (Å²) in [6.07, 6.45) is 2.99. The van der Waals surface area contributed by atoms with Gasteiger partial charge in [-0.2, -0.15) is 0 Å². The third-order valence-electron chi connectivity index (χ3n) is 4.31. The van der Waals surface area contributed by atoms with E-state index in [1.54, 1.807) is 25.1 Å². The zero-order valence-electron chi connectivity index (χ0n) is 15.7. The van der Waals surface area contributed by atoms with E-state index >= 15 is 0 Å². The van der Waals surface area contributed by atoms with Crippen molar-refractivity contribution in [3.8, 4) is 0 Å². The highest BCUT2D eigenvalue weighted by molar-refractivity contribution is 6.05. The van der Waals surface area contributed by atoms with Crippen LogP contribution in [0.25, 0.3) is 0 Å². The number of aryl methyl sites for hydroxylation is 1. The minimum absolute atomic E-state index is 0.0502. The van der Waals surface area contributed by atoms with Crippen molar-refractivity contribution in [3.05, 3.63) is 68.6 Å². The molecule has 0 bridgehead atoms. The Bertz CT molecular complexity index is 1070. The van der Waals surface area contributed by atoms with Crippen molar-refractivity contribution >= 4 is 17.4 Å². The molecule has 0 aromatic carbocycles. The third-order valence-corrected chi connectivity index (χ3v) is 4.31. The van der Waals surface area contributed by atoms with Gasteiger partial charge in [0.05, 0.1) is 12.8 Å². The first-order valence-corrected chi connectivity index (χ1v) is 8.95. The molecule has 0 saturated carbocycles. The molecule has 148 valence electrons. The van der Waals surface area contributed by atoms with E-state index < -0.39 is 17.2 Å². The minimum Gasteiger partial charge on any atom is -0.467 e. The number of nitrogens with one attached hydrogen (secondary N) is 1. The summed E-state index contributed by atoms with van der Waals surface area (Å²) in [5.74, 6) is 0.403. The van der Waals surface area contributed by atoms with Crippen LogP contribution in [0.2, 0.25) is 0 Å². The Labute approximate surface area is 160 Å². The van der Waals surface area contributed by atoms with Gasteiger partial charge in [0.2, 0.25) is 0 Å². The maximum Gasteiger partial charge on any atom is 0.330 e. The normalized spacial score (nSPS) is 10.9. The van der Waals surface area contributed by atoms with E-state index in [0.29, 0.717) is 24.5 Å². The second-order valence-electron chi connectivity index (χ2n) is 6.38. The molecule has 0 saturated heterocycles. The van der Waals surface area contributed by atoms with Crippen molar-refractivity contribution < 1.29 is 13.6 Å². The van der Waals surface area contributed by atoms with Crippen LogP contribution in [-0.2, 0) is 13.1 Å². The molecule has 28 heavy (non-hydrogen) atoms. The van der Waals surface area contributed by atoms with Crippen LogP contribution in [0.4, 0.5) is 11.5 Å². The summed E-state index contributed by atoms with van der Waals surface area (Å²) in [6.45, 7) is 3.96. The lowest BCUT2D eigenvalue weighted by Crippen LogP contribution is -2.40. The lowest BCUT2D eigenvalue weighted by atomic mass is 10.2. The van der Waals surface area contributed by atoms with Crippen LogP contribution >= 0.6 is 0 Å². The van der Waals surface area contributed by atoms with E-state index in [1.807, 2.05) is 6.92 Å². The molecule has 0 aliphatic heterocycles. The van der Waals surface area contributed by atoms with Crippen LogP contribution in [-0.4, -0.2) is 15.5 Å². The molecule has 0 aliphatic carbocycles. The second-order valence-corrected chi connectivity index (χ2v) is 6.38. The molecule has 0 aliphatic rings. The number of hydrogen-bond acceptors (Lipinski definition) is 6. The van der Waals surface area contributed by atoms with Crippen molar-refractivity contribution in [3.63, 3.8) is 0 Å². The molecule has 3 rings (SSSR count). The number of unbranched alkanes of at least 4 members (excludes halogenated alkanes) is 1. The van der Waals surface area contributed by atoms with Crippen molar-refractivity contribution in [1.29, 1.82) is 0 Å². The number of furan rings is 2. The molecular formula is C19H22N4O5. The summed E-state index contributed by atoms with van der Waals surface area (Å²) in [5.41, 5.74) is 4.68. The number of aromatic nitrogens is 2. The topological polar surface area (TPSA) is 127 Å². The molecule has 1 amide bonds. The number of carbonyl (C=O) groups is 1. The van der Waals surface area contributed by atoms with Gasteiger partial charge >= 0.3 is 5.69 Å². The van der Waals surface area contributed by atoms with Gasteiger partial charge in [-0.1, -0.05) is 13.3 Å². The number of rotatable bonds is 7. The molecule has 9 heteroatoms. The number of aromatic amines is 1. The summed E-state index contributed by atoms with van der Waals surface area (Å²) in [5, 5.41) is 0. The number of amides is 1. The fourth-order valence-corrected chi connectivity index (χ4v) is 2.87. The van der Waals surface area contributed by atoms with Crippen LogP contribution in [0, 0.1) is 6.92 Å². The molecule has 0 spiro atoms. The fourth-order valence-electron chi connectivity index (χ4n) is 2.87. The van der Waals surface area contributed by atoms with E-state index in [1.165, 1.54) is 16.9 Å². The average Bonchev–Trinajstić information content (AvgIpc) is 3.31. The molecule has 9 nitrogen and oxygen atoms in total. The van der Waals surface area contributed by atoms with Crippen LogP contribution in [0.1, 0.15) is 41.8 Å². The summed E-state index contributed by atoms with van der Waals surface area (Å²) >= 11 is 0. The first-order valence-electron chi connectivity index (χ1n) is 8.95. The Balaban J connectivity index is 2.13. The number of nitrogens with zero attached hydrogens (tertiary/aromatic N) is 2. The fraction of sp³-hybridized carbons (Fsp3) is 0.316. The second kappa shape index (κ2) is 8.03. The molecule has 0 unspecified atom stereocenters. The molecule has 3 heterocycles. The number of hydrogen-bond donors (Lipinski definition) is 2. The van der Waals surface area contributed by atoms with E-state index in [-0.39, 0.29) is 23.8 Å². The highest BCUT2D eigenvalue weighted by Crippen LogP contribution is 2.23. The van der Waals surface area contributed by atoms with Crippen molar-refractivity contribution in [2.45, 2.75) is 39.8 Å². The van der Waals surface area contributed by atoms with Gasteiger partial charge in [0.1, 0.15) is 17.3 Å². The monoisotopic (exact) mass is 386 g/mol. The molecule has 3 aromatic rings. The highest BCUT2D eigenvalue weighted by atomic mass is 16.4. The predicted molar refractivity (Wildman–Crippen MR) is 103 cm³/mol. The van der Waals surface area contributed by atoms with Crippen LogP contribution in [0.5, 0.6) is 0 Å². The number of carbonyl (C=O) groups excluding carboxylic acids is 1. The highest BCUT2D eigenvalue weighted by Gasteiger charge is 2.28. The zero-order valence-corrected chi connectivity index (χ0v) is 15.7. The van der Waals surface area contributed by atoms with Gasteiger partial charge in [0.25, 0.3) is 11.5 Å². The van der Waals surface area contributed by atoms with Crippen LogP contribution < -0.4 is 21.9 Å². The Morgan fingerprint density at radius 1 is 1.29 bits per heavy atom. The van der Waals surface area contributed by atoms with E-state index in [4.69, 9.17) is 14.6 Å². The van der Waals surface area contributed by atoms with Gasteiger partial charge in [-0.25, -0.2) is 4.79 Å². The van der Waals surface area contributed by atoms with Crippen LogP contribution in [0.15, 0.2) is 49.0 Å². The SMILES string of the molecule is CCCCn1c(N)c(N(Cc2ccco2)C(=O)c2ccc(C)o2)c(=O)[nH]c1=O. The quantitative estimate of drug-likeness (QED) is 0.641. The first-order chi connectivity index (χ1) is 13.4. The van der Waals surface area contributed by atoms with Crippen molar-refractivity contribution in [2.24, 2.45) is 0 Å². The number of anilines is 2. The largest absolute Gasteiger partial charge is 0.467 e. The van der Waals surface area contributed by atoms with E-state index in [9.17, 15) is 14.4 Å². The van der Waals surface area contributed by atoms with Gasteiger partial charge in [-0.15, -0.1) is 0 Å². The summed E-state index contributed by atoms with van der Waals surface area (Å²) in [4.78, 5) is 41.3. The van der Waals surface area contributed by atoms with Crippen molar-refractivity contribution in [2.75, 3.05) is 10.6 Å². The lowest BCUT2D eigenvalue weighted by Gasteiger charge is -2.23. The zero-order chi connectivity index (χ0) is 20.3. The van der Waals surface area contributed by atoms with Gasteiger partial charge < -0.3 is 14.6 Å².